The number of halogens is 2. The van der Waals surface area contributed by atoms with E-state index < -0.39 is 35.2 Å². The molecule has 0 fully saturated rings. The average Bonchev–Trinajstić information content (AvgIpc) is 2.89. The van der Waals surface area contributed by atoms with E-state index in [1.807, 2.05) is 0 Å². The van der Waals surface area contributed by atoms with Gasteiger partial charge < -0.3 is 10.2 Å². The molecule has 3 rings (SSSR count). The van der Waals surface area contributed by atoms with Crippen LogP contribution < -0.4 is 0 Å². The van der Waals surface area contributed by atoms with Crippen LogP contribution in [0.15, 0.2) is 36.4 Å². The molecule has 1 heterocycles. The molecule has 0 spiro atoms. The van der Waals surface area contributed by atoms with Crippen LogP contribution in [0.5, 0.6) is 5.75 Å². The van der Waals surface area contributed by atoms with Crippen LogP contribution in [0, 0.1) is 18.6 Å². The normalized spacial score (nSPS) is 12.3. The standard InChI is InChI=1S/C19H15F2NO4/c1-9(19(25)26)15-10(2)22(13-6-7-14(23)17(21)16(13)15)18(24)11-4-3-5-12(20)8-11/h3-9,23H,1-2H3,(H,25,26). The zero-order valence-corrected chi connectivity index (χ0v) is 14.0. The van der Waals surface area contributed by atoms with Gasteiger partial charge in [0.25, 0.3) is 5.91 Å². The molecule has 1 atom stereocenters. The summed E-state index contributed by atoms with van der Waals surface area (Å²) in [6.45, 7) is 2.85. The fourth-order valence-electron chi connectivity index (χ4n) is 3.15. The van der Waals surface area contributed by atoms with Crippen molar-refractivity contribution in [3.05, 3.63) is 64.9 Å². The molecule has 0 aliphatic carbocycles. The van der Waals surface area contributed by atoms with E-state index in [1.54, 1.807) is 0 Å². The van der Waals surface area contributed by atoms with E-state index in [4.69, 9.17) is 0 Å². The highest BCUT2D eigenvalue weighted by molar-refractivity contribution is 6.05. The lowest BCUT2D eigenvalue weighted by molar-refractivity contribution is -0.138. The van der Waals surface area contributed by atoms with Crippen molar-refractivity contribution in [1.82, 2.24) is 4.57 Å². The van der Waals surface area contributed by atoms with Crippen LogP contribution in [0.1, 0.15) is 34.5 Å². The van der Waals surface area contributed by atoms with Crippen molar-refractivity contribution in [2.45, 2.75) is 19.8 Å². The van der Waals surface area contributed by atoms with E-state index in [-0.39, 0.29) is 27.7 Å². The number of aliphatic carboxylic acids is 1. The fourth-order valence-corrected chi connectivity index (χ4v) is 3.15. The summed E-state index contributed by atoms with van der Waals surface area (Å²) in [5, 5.41) is 18.9. The van der Waals surface area contributed by atoms with Crippen molar-refractivity contribution < 1.29 is 28.6 Å². The smallest absolute Gasteiger partial charge is 0.310 e. The van der Waals surface area contributed by atoms with Crippen LogP contribution >= 0.6 is 0 Å². The minimum atomic E-state index is -1.20. The molecule has 2 aromatic carbocycles. The minimum Gasteiger partial charge on any atom is -0.505 e. The number of benzene rings is 2. The molecule has 1 aromatic heterocycles. The summed E-state index contributed by atoms with van der Waals surface area (Å²) >= 11 is 0. The highest BCUT2D eigenvalue weighted by Crippen LogP contribution is 2.37. The largest absolute Gasteiger partial charge is 0.505 e. The number of phenolic OH excluding ortho intramolecular Hbond substituents is 1. The van der Waals surface area contributed by atoms with Crippen molar-refractivity contribution in [2.75, 3.05) is 0 Å². The fraction of sp³-hybridized carbons (Fsp3) is 0.158. The molecule has 0 aliphatic heterocycles. The van der Waals surface area contributed by atoms with Crippen molar-refractivity contribution in [2.24, 2.45) is 0 Å². The van der Waals surface area contributed by atoms with E-state index in [2.05, 4.69) is 0 Å². The number of aromatic nitrogens is 1. The maximum absolute atomic E-state index is 14.6. The number of aromatic hydroxyl groups is 1. The molecule has 134 valence electrons. The van der Waals surface area contributed by atoms with Crippen LogP contribution in [0.2, 0.25) is 0 Å². The second-order valence-corrected chi connectivity index (χ2v) is 6.00. The number of phenols is 1. The van der Waals surface area contributed by atoms with Gasteiger partial charge in [0, 0.05) is 16.6 Å². The van der Waals surface area contributed by atoms with Crippen LogP contribution in [-0.4, -0.2) is 26.7 Å². The summed E-state index contributed by atoms with van der Waals surface area (Å²) in [4.78, 5) is 24.4. The van der Waals surface area contributed by atoms with Gasteiger partial charge in [-0.05, 0) is 49.7 Å². The third-order valence-electron chi connectivity index (χ3n) is 4.41. The Morgan fingerprint density at radius 1 is 1.15 bits per heavy atom. The molecule has 0 bridgehead atoms. The first kappa shape index (κ1) is 17.6. The third-order valence-corrected chi connectivity index (χ3v) is 4.41. The number of carbonyl (C=O) groups is 2. The Labute approximate surface area is 147 Å². The number of carbonyl (C=O) groups excluding carboxylic acids is 1. The molecule has 1 unspecified atom stereocenters. The third kappa shape index (κ3) is 2.61. The summed E-state index contributed by atoms with van der Waals surface area (Å²) in [5.74, 6) is -5.19. The predicted molar refractivity (Wildman–Crippen MR) is 90.5 cm³/mol. The Bertz CT molecular complexity index is 1060. The number of hydrogen-bond donors (Lipinski definition) is 2. The Balaban J connectivity index is 2.37. The second kappa shape index (κ2) is 6.25. The molecule has 2 N–H and O–H groups in total. The highest BCUT2D eigenvalue weighted by atomic mass is 19.1. The van der Waals surface area contributed by atoms with Gasteiger partial charge in [-0.3, -0.25) is 14.2 Å². The van der Waals surface area contributed by atoms with Gasteiger partial charge in [0.15, 0.2) is 11.6 Å². The lowest BCUT2D eigenvalue weighted by Crippen LogP contribution is -2.15. The van der Waals surface area contributed by atoms with Gasteiger partial charge in [-0.2, -0.15) is 0 Å². The van der Waals surface area contributed by atoms with Crippen LogP contribution in [-0.2, 0) is 4.79 Å². The molecule has 0 aliphatic rings. The van der Waals surface area contributed by atoms with Gasteiger partial charge in [0.05, 0.1) is 11.4 Å². The van der Waals surface area contributed by atoms with Crippen LogP contribution in [0.3, 0.4) is 0 Å². The summed E-state index contributed by atoms with van der Waals surface area (Å²) < 4.78 is 29.2. The number of nitrogens with zero attached hydrogens (tertiary/aromatic N) is 1. The first-order valence-corrected chi connectivity index (χ1v) is 7.79. The summed E-state index contributed by atoms with van der Waals surface area (Å²) in [5.41, 5.74) is 0.447. The monoisotopic (exact) mass is 359 g/mol. The first-order valence-electron chi connectivity index (χ1n) is 7.79. The van der Waals surface area contributed by atoms with E-state index in [9.17, 15) is 28.6 Å². The average molecular weight is 359 g/mol. The molecule has 26 heavy (non-hydrogen) atoms. The zero-order valence-electron chi connectivity index (χ0n) is 14.0. The van der Waals surface area contributed by atoms with Crippen molar-refractivity contribution in [1.29, 1.82) is 0 Å². The molecule has 5 nitrogen and oxygen atoms in total. The van der Waals surface area contributed by atoms with Gasteiger partial charge in [0.2, 0.25) is 0 Å². The maximum Gasteiger partial charge on any atom is 0.310 e. The number of hydrogen-bond acceptors (Lipinski definition) is 3. The predicted octanol–water partition coefficient (Wildman–Crippen LogP) is 3.81. The number of carboxylic acids is 1. The molecule has 0 amide bonds. The van der Waals surface area contributed by atoms with Crippen molar-refractivity contribution in [3.63, 3.8) is 0 Å². The second-order valence-electron chi connectivity index (χ2n) is 6.00. The molecule has 0 radical (unpaired) electrons. The molecule has 0 saturated heterocycles. The molecule has 3 aromatic rings. The van der Waals surface area contributed by atoms with Gasteiger partial charge in [-0.15, -0.1) is 0 Å². The Morgan fingerprint density at radius 3 is 2.46 bits per heavy atom. The number of rotatable bonds is 3. The van der Waals surface area contributed by atoms with Gasteiger partial charge in [0.1, 0.15) is 5.82 Å². The zero-order chi connectivity index (χ0) is 19.2. The van der Waals surface area contributed by atoms with Crippen molar-refractivity contribution >= 4 is 22.8 Å². The Hall–Kier alpha value is -3.22. The Morgan fingerprint density at radius 2 is 1.85 bits per heavy atom. The lowest BCUT2D eigenvalue weighted by Gasteiger charge is -2.09. The highest BCUT2D eigenvalue weighted by Gasteiger charge is 2.29. The lowest BCUT2D eigenvalue weighted by atomic mass is 9.97. The Kier molecular flexibility index (Phi) is 4.23. The summed E-state index contributed by atoms with van der Waals surface area (Å²) in [6.07, 6.45) is 0. The van der Waals surface area contributed by atoms with Gasteiger partial charge >= 0.3 is 5.97 Å². The SMILES string of the molecule is Cc1c(C(C)C(=O)O)c2c(F)c(O)ccc2n1C(=O)c1cccc(F)c1. The van der Waals surface area contributed by atoms with E-state index in [0.717, 1.165) is 16.7 Å². The number of fused-ring (bicyclic) bond motifs is 1. The summed E-state index contributed by atoms with van der Waals surface area (Å²) in [7, 11) is 0. The van der Waals surface area contributed by atoms with E-state index in [1.165, 1.54) is 38.1 Å². The maximum atomic E-state index is 14.6. The minimum absolute atomic E-state index is 0.0352. The quantitative estimate of drug-likeness (QED) is 0.745. The van der Waals surface area contributed by atoms with Gasteiger partial charge in [-0.25, -0.2) is 8.78 Å². The molecular formula is C19H15F2NO4. The van der Waals surface area contributed by atoms with Crippen molar-refractivity contribution in [3.8, 4) is 5.75 Å². The van der Waals surface area contributed by atoms with Crippen LogP contribution in [0.4, 0.5) is 8.78 Å². The topological polar surface area (TPSA) is 79.5 Å². The van der Waals surface area contributed by atoms with Crippen LogP contribution in [0.25, 0.3) is 10.9 Å². The number of carboxylic acid groups (broad SMARTS) is 1. The van der Waals surface area contributed by atoms with E-state index in [0.29, 0.717) is 0 Å². The summed E-state index contributed by atoms with van der Waals surface area (Å²) in [6, 6.07) is 7.43. The molecule has 0 saturated carbocycles. The molecule has 7 heteroatoms. The van der Waals surface area contributed by atoms with Gasteiger partial charge in [-0.1, -0.05) is 6.07 Å². The van der Waals surface area contributed by atoms with E-state index >= 15 is 0 Å². The molecular weight excluding hydrogens is 344 g/mol. The first-order chi connectivity index (χ1) is 12.2.